The quantitative estimate of drug-likeness (QED) is 0.798. The third kappa shape index (κ3) is 4.54. The van der Waals surface area contributed by atoms with Crippen molar-refractivity contribution in [1.82, 2.24) is 19.6 Å². The summed E-state index contributed by atoms with van der Waals surface area (Å²) in [5.74, 6) is -1.19. The van der Waals surface area contributed by atoms with E-state index in [0.29, 0.717) is 26.1 Å². The average molecular weight is 321 g/mol. The highest BCUT2D eigenvalue weighted by Gasteiger charge is 2.29. The predicted octanol–water partition coefficient (Wildman–Crippen LogP) is -0.626. The number of carbonyl (C=O) groups excluding carboxylic acids is 3. The van der Waals surface area contributed by atoms with Gasteiger partial charge in [-0.05, 0) is 13.0 Å². The van der Waals surface area contributed by atoms with Gasteiger partial charge in [-0.1, -0.05) is 0 Å². The molecule has 0 aromatic carbocycles. The van der Waals surface area contributed by atoms with Gasteiger partial charge in [-0.2, -0.15) is 5.10 Å². The molecule has 1 aromatic heterocycles. The van der Waals surface area contributed by atoms with Crippen LogP contribution < -0.4 is 5.73 Å². The summed E-state index contributed by atoms with van der Waals surface area (Å²) in [6, 6.07) is 1.88. The molecule has 2 N–H and O–H groups in total. The fraction of sp³-hybridized carbons (Fsp3) is 0.600. The standard InChI is InChI=1S/C15H23N5O3/c1-11-3-5-20(17-11)6-4-14(22)19-8-7-18(12(2)21)9-13(10-19)15(16)23/h3,5,13H,4,6-10H2,1-2H3,(H2,16,23)/t13-/m1/s1. The maximum Gasteiger partial charge on any atom is 0.224 e. The van der Waals surface area contributed by atoms with Crippen LogP contribution >= 0.6 is 0 Å². The van der Waals surface area contributed by atoms with Crippen LogP contribution in [0.25, 0.3) is 0 Å². The molecule has 0 aliphatic carbocycles. The van der Waals surface area contributed by atoms with Gasteiger partial charge in [-0.3, -0.25) is 19.1 Å². The summed E-state index contributed by atoms with van der Waals surface area (Å²) in [5, 5.41) is 4.24. The van der Waals surface area contributed by atoms with Crippen LogP contribution in [0, 0.1) is 12.8 Å². The van der Waals surface area contributed by atoms with Crippen LogP contribution in [0.5, 0.6) is 0 Å². The summed E-state index contributed by atoms with van der Waals surface area (Å²) in [6.07, 6.45) is 2.13. The van der Waals surface area contributed by atoms with Crippen LogP contribution in [0.4, 0.5) is 0 Å². The fourth-order valence-electron chi connectivity index (χ4n) is 2.66. The zero-order valence-electron chi connectivity index (χ0n) is 13.6. The van der Waals surface area contributed by atoms with Crippen molar-refractivity contribution in [2.75, 3.05) is 26.2 Å². The number of nitrogens with two attached hydrogens (primary N) is 1. The van der Waals surface area contributed by atoms with E-state index in [1.54, 1.807) is 14.5 Å². The van der Waals surface area contributed by atoms with Gasteiger partial charge in [0, 0.05) is 52.3 Å². The Bertz CT molecular complexity index is 598. The second kappa shape index (κ2) is 7.26. The molecule has 3 amide bonds. The molecule has 1 aliphatic heterocycles. The number of aryl methyl sites for hydroxylation is 2. The molecule has 8 heteroatoms. The Hall–Kier alpha value is -2.38. The fourth-order valence-corrected chi connectivity index (χ4v) is 2.66. The molecule has 8 nitrogen and oxygen atoms in total. The lowest BCUT2D eigenvalue weighted by molar-refractivity contribution is -0.133. The van der Waals surface area contributed by atoms with Gasteiger partial charge < -0.3 is 15.5 Å². The van der Waals surface area contributed by atoms with Gasteiger partial charge in [0.1, 0.15) is 0 Å². The summed E-state index contributed by atoms with van der Waals surface area (Å²) >= 11 is 0. The Labute approximate surface area is 135 Å². The number of hydrogen-bond donors (Lipinski definition) is 1. The maximum absolute atomic E-state index is 12.4. The highest BCUT2D eigenvalue weighted by molar-refractivity contribution is 5.81. The molecular weight excluding hydrogens is 298 g/mol. The number of hydrogen-bond acceptors (Lipinski definition) is 4. The Morgan fingerprint density at radius 1 is 1.26 bits per heavy atom. The van der Waals surface area contributed by atoms with Gasteiger partial charge in [0.15, 0.2) is 0 Å². The minimum absolute atomic E-state index is 0.0604. The van der Waals surface area contributed by atoms with Crippen LogP contribution in [0.3, 0.4) is 0 Å². The van der Waals surface area contributed by atoms with E-state index in [2.05, 4.69) is 5.10 Å². The highest BCUT2D eigenvalue weighted by Crippen LogP contribution is 2.11. The van der Waals surface area contributed by atoms with Crippen molar-refractivity contribution < 1.29 is 14.4 Å². The summed E-state index contributed by atoms with van der Waals surface area (Å²) in [4.78, 5) is 38.7. The molecule has 126 valence electrons. The minimum atomic E-state index is -0.530. The molecule has 0 bridgehead atoms. The van der Waals surface area contributed by atoms with Crippen LogP contribution in [0.2, 0.25) is 0 Å². The average Bonchev–Trinajstić information content (AvgIpc) is 2.77. The van der Waals surface area contributed by atoms with Crippen molar-refractivity contribution in [2.45, 2.75) is 26.8 Å². The second-order valence-corrected chi connectivity index (χ2v) is 5.87. The molecule has 1 atom stereocenters. The van der Waals surface area contributed by atoms with Crippen molar-refractivity contribution in [1.29, 1.82) is 0 Å². The lowest BCUT2D eigenvalue weighted by atomic mass is 10.1. The molecule has 1 aromatic rings. The first-order valence-corrected chi connectivity index (χ1v) is 7.69. The highest BCUT2D eigenvalue weighted by atomic mass is 16.2. The summed E-state index contributed by atoms with van der Waals surface area (Å²) in [5.41, 5.74) is 6.30. The molecule has 2 rings (SSSR count). The lowest BCUT2D eigenvalue weighted by Crippen LogP contribution is -2.41. The zero-order chi connectivity index (χ0) is 17.0. The first-order valence-electron chi connectivity index (χ1n) is 7.69. The Morgan fingerprint density at radius 3 is 2.48 bits per heavy atom. The van der Waals surface area contributed by atoms with Gasteiger partial charge in [-0.15, -0.1) is 0 Å². The Balaban J connectivity index is 1.98. The molecule has 0 unspecified atom stereocenters. The van der Waals surface area contributed by atoms with E-state index in [0.717, 1.165) is 5.69 Å². The van der Waals surface area contributed by atoms with Crippen molar-refractivity contribution >= 4 is 17.7 Å². The smallest absolute Gasteiger partial charge is 0.224 e. The van der Waals surface area contributed by atoms with Crippen molar-refractivity contribution in [3.63, 3.8) is 0 Å². The van der Waals surface area contributed by atoms with E-state index < -0.39 is 11.8 Å². The number of amides is 3. The zero-order valence-corrected chi connectivity index (χ0v) is 13.6. The van der Waals surface area contributed by atoms with Gasteiger partial charge in [0.05, 0.1) is 11.6 Å². The van der Waals surface area contributed by atoms with Crippen molar-refractivity contribution in [3.05, 3.63) is 18.0 Å². The largest absolute Gasteiger partial charge is 0.369 e. The van der Waals surface area contributed by atoms with Crippen molar-refractivity contribution in [3.8, 4) is 0 Å². The number of rotatable bonds is 4. The predicted molar refractivity (Wildman–Crippen MR) is 83.1 cm³/mol. The molecule has 1 saturated heterocycles. The number of aromatic nitrogens is 2. The normalized spacial score (nSPS) is 18.6. The molecule has 2 heterocycles. The molecule has 0 saturated carbocycles. The van der Waals surface area contributed by atoms with Gasteiger partial charge in [0.25, 0.3) is 0 Å². The van der Waals surface area contributed by atoms with Crippen LogP contribution in [0.15, 0.2) is 12.3 Å². The van der Waals surface area contributed by atoms with E-state index >= 15 is 0 Å². The van der Waals surface area contributed by atoms with Gasteiger partial charge in [-0.25, -0.2) is 0 Å². The molecule has 23 heavy (non-hydrogen) atoms. The monoisotopic (exact) mass is 321 g/mol. The lowest BCUT2D eigenvalue weighted by Gasteiger charge is -2.22. The third-order valence-corrected chi connectivity index (χ3v) is 4.05. The third-order valence-electron chi connectivity index (χ3n) is 4.05. The SMILES string of the molecule is CC(=O)N1CCN(C(=O)CCn2ccc(C)n2)C[C@H](C(N)=O)C1. The van der Waals surface area contributed by atoms with Crippen LogP contribution in [-0.2, 0) is 20.9 Å². The van der Waals surface area contributed by atoms with Gasteiger partial charge >= 0.3 is 0 Å². The van der Waals surface area contributed by atoms with Crippen LogP contribution in [0.1, 0.15) is 19.0 Å². The molecule has 0 spiro atoms. The van der Waals surface area contributed by atoms with E-state index in [9.17, 15) is 14.4 Å². The van der Waals surface area contributed by atoms with E-state index in [1.807, 2.05) is 19.2 Å². The Kier molecular flexibility index (Phi) is 5.36. The first kappa shape index (κ1) is 17.0. The topological polar surface area (TPSA) is 102 Å². The Morgan fingerprint density at radius 2 is 1.91 bits per heavy atom. The minimum Gasteiger partial charge on any atom is -0.369 e. The summed E-state index contributed by atoms with van der Waals surface area (Å²) in [6.45, 7) is 5.20. The summed E-state index contributed by atoms with van der Waals surface area (Å²) in [7, 11) is 0. The van der Waals surface area contributed by atoms with E-state index in [-0.39, 0.29) is 24.9 Å². The van der Waals surface area contributed by atoms with Crippen LogP contribution in [-0.4, -0.2) is 63.5 Å². The number of nitrogens with zero attached hydrogens (tertiary/aromatic N) is 4. The molecular formula is C15H23N5O3. The molecule has 0 radical (unpaired) electrons. The first-order chi connectivity index (χ1) is 10.9. The number of carbonyl (C=O) groups is 3. The molecule has 1 aliphatic rings. The molecule has 1 fully saturated rings. The maximum atomic E-state index is 12.4. The second-order valence-electron chi connectivity index (χ2n) is 5.87. The van der Waals surface area contributed by atoms with Crippen molar-refractivity contribution in [2.24, 2.45) is 11.7 Å². The number of primary amides is 1. The van der Waals surface area contributed by atoms with E-state index in [4.69, 9.17) is 5.73 Å². The summed E-state index contributed by atoms with van der Waals surface area (Å²) < 4.78 is 1.72. The van der Waals surface area contributed by atoms with E-state index in [1.165, 1.54) is 6.92 Å². The van der Waals surface area contributed by atoms with Gasteiger partial charge in [0.2, 0.25) is 17.7 Å².